The highest BCUT2D eigenvalue weighted by Crippen LogP contribution is 2.66. The topological polar surface area (TPSA) is 17.1 Å². The number of carbonyl (C=O) groups is 1. The maximum atomic E-state index is 12.4. The summed E-state index contributed by atoms with van der Waals surface area (Å²) < 4.78 is 0. The zero-order valence-electron chi connectivity index (χ0n) is 20.2. The minimum absolute atomic E-state index is 0.286. The minimum Gasteiger partial charge on any atom is -0.299 e. The van der Waals surface area contributed by atoms with Crippen LogP contribution in [0, 0.1) is 46.3 Å². The van der Waals surface area contributed by atoms with E-state index in [9.17, 15) is 4.79 Å². The van der Waals surface area contributed by atoms with Gasteiger partial charge >= 0.3 is 0 Å². The lowest BCUT2D eigenvalue weighted by atomic mass is 9.49. The summed E-state index contributed by atoms with van der Waals surface area (Å²) in [6, 6.07) is 0. The number of rotatable bonds is 5. The summed E-state index contributed by atoms with van der Waals surface area (Å²) in [7, 11) is 0. The zero-order chi connectivity index (χ0) is 21.0. The second-order valence-corrected chi connectivity index (χ2v) is 12.4. The Morgan fingerprint density at radius 1 is 0.966 bits per heavy atom. The molecular formula is C28H46O. The number of carbonyl (C=O) groups excluding carboxylic acids is 1. The molecule has 0 spiro atoms. The van der Waals surface area contributed by atoms with Gasteiger partial charge in [0, 0.05) is 12.3 Å². The minimum atomic E-state index is 0.286. The zero-order valence-corrected chi connectivity index (χ0v) is 20.2. The van der Waals surface area contributed by atoms with Crippen LogP contribution in [0.4, 0.5) is 0 Å². The lowest BCUT2D eigenvalue weighted by molar-refractivity contribution is -0.130. The first-order valence-electron chi connectivity index (χ1n) is 12.9. The van der Waals surface area contributed by atoms with Crippen LogP contribution in [0.1, 0.15) is 112 Å². The largest absolute Gasteiger partial charge is 0.299 e. The number of ketones is 1. The summed E-state index contributed by atoms with van der Waals surface area (Å²) in [4.78, 5) is 12.4. The molecule has 2 fully saturated rings. The third-order valence-electron chi connectivity index (χ3n) is 10.5. The fourth-order valence-electron chi connectivity index (χ4n) is 8.75. The van der Waals surface area contributed by atoms with E-state index in [2.05, 4.69) is 41.5 Å². The smallest absolute Gasteiger partial charge is 0.136 e. The van der Waals surface area contributed by atoms with E-state index in [0.29, 0.717) is 22.5 Å². The number of Topliss-reactive ketones (excluding diaryl/α,β-unsaturated/α-hetero) is 1. The van der Waals surface area contributed by atoms with Crippen molar-refractivity contribution in [2.45, 2.75) is 112 Å². The van der Waals surface area contributed by atoms with Crippen molar-refractivity contribution in [2.75, 3.05) is 0 Å². The fourth-order valence-corrected chi connectivity index (χ4v) is 8.75. The first-order chi connectivity index (χ1) is 13.7. The molecule has 4 aliphatic rings. The van der Waals surface area contributed by atoms with Crippen LogP contribution in [0.25, 0.3) is 0 Å². The molecule has 0 radical (unpaired) electrons. The number of hydrogen-bond donors (Lipinski definition) is 0. The first-order valence-corrected chi connectivity index (χ1v) is 12.9. The van der Waals surface area contributed by atoms with Gasteiger partial charge in [-0.1, -0.05) is 72.0 Å². The number of allylic oxidation sites excluding steroid dienone is 2. The number of fused-ring (bicyclic) bond motifs is 4. The van der Waals surface area contributed by atoms with Gasteiger partial charge in [0.15, 0.2) is 0 Å². The molecule has 0 aromatic rings. The summed E-state index contributed by atoms with van der Waals surface area (Å²) in [6.07, 6.45) is 14.4. The van der Waals surface area contributed by atoms with Gasteiger partial charge in [-0.05, 0) is 85.4 Å². The Balaban J connectivity index is 1.55. The molecule has 2 saturated carbocycles. The Labute approximate surface area is 180 Å². The molecule has 0 aliphatic heterocycles. The van der Waals surface area contributed by atoms with Crippen molar-refractivity contribution in [1.29, 1.82) is 0 Å². The van der Waals surface area contributed by atoms with Gasteiger partial charge < -0.3 is 0 Å². The van der Waals surface area contributed by atoms with E-state index >= 15 is 0 Å². The van der Waals surface area contributed by atoms with E-state index in [-0.39, 0.29) is 5.92 Å². The summed E-state index contributed by atoms with van der Waals surface area (Å²) in [5.41, 5.74) is 4.58. The van der Waals surface area contributed by atoms with Gasteiger partial charge in [-0.3, -0.25) is 4.79 Å². The van der Waals surface area contributed by atoms with Crippen LogP contribution < -0.4 is 0 Å². The average Bonchev–Trinajstić information content (AvgIpc) is 3.02. The van der Waals surface area contributed by atoms with E-state index in [1.165, 1.54) is 57.8 Å². The molecule has 0 N–H and O–H groups in total. The molecule has 0 aromatic heterocycles. The average molecular weight is 399 g/mol. The van der Waals surface area contributed by atoms with Crippen LogP contribution in [0.5, 0.6) is 0 Å². The second-order valence-electron chi connectivity index (χ2n) is 12.4. The van der Waals surface area contributed by atoms with Crippen molar-refractivity contribution in [3.63, 3.8) is 0 Å². The molecule has 1 heteroatoms. The van der Waals surface area contributed by atoms with Crippen molar-refractivity contribution in [3.8, 4) is 0 Å². The predicted molar refractivity (Wildman–Crippen MR) is 123 cm³/mol. The first kappa shape index (κ1) is 21.6. The van der Waals surface area contributed by atoms with Crippen molar-refractivity contribution in [1.82, 2.24) is 0 Å². The van der Waals surface area contributed by atoms with E-state index in [4.69, 9.17) is 0 Å². The molecule has 7 atom stereocenters. The van der Waals surface area contributed by atoms with E-state index in [1.54, 1.807) is 0 Å². The van der Waals surface area contributed by atoms with E-state index in [1.807, 2.05) is 11.1 Å². The van der Waals surface area contributed by atoms with Gasteiger partial charge in [0.25, 0.3) is 0 Å². The van der Waals surface area contributed by atoms with Gasteiger partial charge in [-0.15, -0.1) is 0 Å². The maximum Gasteiger partial charge on any atom is 0.136 e. The summed E-state index contributed by atoms with van der Waals surface area (Å²) in [5, 5.41) is 0. The lowest BCUT2D eigenvalue weighted by Gasteiger charge is -2.55. The van der Waals surface area contributed by atoms with Gasteiger partial charge in [0.1, 0.15) is 5.78 Å². The maximum absolute atomic E-state index is 12.4. The molecule has 0 amide bonds. The van der Waals surface area contributed by atoms with Gasteiger partial charge in [0.05, 0.1) is 0 Å². The molecule has 1 nitrogen and oxygen atoms in total. The molecule has 0 aromatic carbocycles. The van der Waals surface area contributed by atoms with Gasteiger partial charge in [-0.25, -0.2) is 0 Å². The molecule has 0 unspecified atom stereocenters. The fraction of sp³-hybridized carbons (Fsp3) is 0.893. The van der Waals surface area contributed by atoms with E-state index < -0.39 is 0 Å². The Morgan fingerprint density at radius 3 is 2.45 bits per heavy atom. The van der Waals surface area contributed by atoms with Crippen LogP contribution in [-0.2, 0) is 4.79 Å². The second kappa shape index (κ2) is 7.83. The molecular weight excluding hydrogens is 352 g/mol. The quantitative estimate of drug-likeness (QED) is 0.429. The Kier molecular flexibility index (Phi) is 5.84. The molecule has 29 heavy (non-hydrogen) atoms. The highest BCUT2D eigenvalue weighted by atomic mass is 16.1. The SMILES string of the molecule is CC(C)CCC[C@@H](C)[C@H]1CC[C@H]2C3=C(CC[C@]12C)[C@@]1(C)CCC(=O)[C@@H](C)[C@@H]1CC3. The molecule has 4 rings (SSSR count). The summed E-state index contributed by atoms with van der Waals surface area (Å²) in [6.45, 7) is 14.7. The highest BCUT2D eigenvalue weighted by molar-refractivity contribution is 5.82. The molecule has 164 valence electrons. The molecule has 4 aliphatic carbocycles. The predicted octanol–water partition coefficient (Wildman–Crippen LogP) is 7.99. The Bertz CT molecular complexity index is 672. The summed E-state index contributed by atoms with van der Waals surface area (Å²) in [5.74, 6) is 4.92. The standard InChI is InChI=1S/C28H46O/c1-18(2)8-7-9-19(3)22-12-13-24-21-10-11-23-20(4)26(29)15-17-28(23,6)25(21)14-16-27(22,24)5/h18-20,22-24H,7-17H2,1-6H3/t19-,20+,22-,23+,24+,27-,28+/m1/s1. The van der Waals surface area contributed by atoms with E-state index in [0.717, 1.165) is 36.5 Å². The molecule has 0 heterocycles. The van der Waals surface area contributed by atoms with Crippen molar-refractivity contribution >= 4 is 5.78 Å². The molecule has 0 bridgehead atoms. The molecule has 0 saturated heterocycles. The van der Waals surface area contributed by atoms with Gasteiger partial charge in [0.2, 0.25) is 0 Å². The Morgan fingerprint density at radius 2 is 1.72 bits per heavy atom. The van der Waals surface area contributed by atoms with Crippen LogP contribution in [0.3, 0.4) is 0 Å². The van der Waals surface area contributed by atoms with Crippen LogP contribution >= 0.6 is 0 Å². The third-order valence-corrected chi connectivity index (χ3v) is 10.5. The number of hydrogen-bond acceptors (Lipinski definition) is 1. The lowest BCUT2D eigenvalue weighted by Crippen LogP contribution is -2.47. The van der Waals surface area contributed by atoms with Crippen LogP contribution in [0.15, 0.2) is 11.1 Å². The summed E-state index contributed by atoms with van der Waals surface area (Å²) >= 11 is 0. The monoisotopic (exact) mass is 398 g/mol. The highest BCUT2D eigenvalue weighted by Gasteiger charge is 2.56. The van der Waals surface area contributed by atoms with Crippen molar-refractivity contribution < 1.29 is 4.79 Å². The van der Waals surface area contributed by atoms with Crippen molar-refractivity contribution in [2.24, 2.45) is 46.3 Å². The van der Waals surface area contributed by atoms with Crippen molar-refractivity contribution in [3.05, 3.63) is 11.1 Å². The Hall–Kier alpha value is -0.590. The van der Waals surface area contributed by atoms with Gasteiger partial charge in [-0.2, -0.15) is 0 Å². The van der Waals surface area contributed by atoms with Crippen LogP contribution in [-0.4, -0.2) is 5.78 Å². The van der Waals surface area contributed by atoms with Crippen LogP contribution in [0.2, 0.25) is 0 Å². The third kappa shape index (κ3) is 3.47. The normalized spacial score (nSPS) is 43.2.